The summed E-state index contributed by atoms with van der Waals surface area (Å²) >= 11 is 1.80. The van der Waals surface area contributed by atoms with Crippen LogP contribution in [0.4, 0.5) is 4.79 Å². The van der Waals surface area contributed by atoms with E-state index in [9.17, 15) is 9.59 Å². The lowest BCUT2D eigenvalue weighted by atomic mass is 9.77. The highest BCUT2D eigenvalue weighted by atomic mass is 32.1. The molecule has 26 heavy (non-hydrogen) atoms. The Morgan fingerprint density at radius 3 is 2.50 bits per heavy atom. The van der Waals surface area contributed by atoms with Crippen LogP contribution in [-0.2, 0) is 11.3 Å². The Bertz CT molecular complexity index is 647. The second-order valence-corrected chi connectivity index (χ2v) is 9.08. The van der Waals surface area contributed by atoms with Crippen LogP contribution in [0.5, 0.6) is 0 Å². The van der Waals surface area contributed by atoms with E-state index >= 15 is 0 Å². The van der Waals surface area contributed by atoms with Gasteiger partial charge in [0.25, 0.3) is 5.91 Å². The summed E-state index contributed by atoms with van der Waals surface area (Å²) in [6, 6.07) is 4.07. The summed E-state index contributed by atoms with van der Waals surface area (Å²) in [6.07, 6.45) is 3.59. The molecule has 3 aliphatic rings. The van der Waals surface area contributed by atoms with Crippen LogP contribution >= 0.6 is 11.3 Å². The van der Waals surface area contributed by atoms with Crippen LogP contribution in [0, 0.1) is 5.92 Å². The minimum absolute atomic E-state index is 0.00425. The van der Waals surface area contributed by atoms with Crippen molar-refractivity contribution in [3.8, 4) is 0 Å². The Morgan fingerprint density at radius 1 is 1.15 bits per heavy atom. The summed E-state index contributed by atoms with van der Waals surface area (Å²) in [7, 11) is 0. The van der Waals surface area contributed by atoms with E-state index in [-0.39, 0.29) is 11.9 Å². The lowest BCUT2D eigenvalue weighted by Crippen LogP contribution is -2.52. The Hall–Kier alpha value is -1.44. The zero-order chi connectivity index (χ0) is 18.1. The minimum atomic E-state index is -0.620. The average molecular weight is 377 g/mol. The van der Waals surface area contributed by atoms with E-state index in [0.717, 1.165) is 58.4 Å². The number of piperazine rings is 1. The number of rotatable bonds is 4. The molecule has 3 fully saturated rings. The van der Waals surface area contributed by atoms with Crippen molar-refractivity contribution >= 4 is 23.3 Å². The molecule has 3 amide bonds. The number of carbonyl (C=O) groups is 2. The van der Waals surface area contributed by atoms with Crippen molar-refractivity contribution in [3.05, 3.63) is 22.4 Å². The van der Waals surface area contributed by atoms with E-state index in [1.165, 1.54) is 9.78 Å². The van der Waals surface area contributed by atoms with E-state index < -0.39 is 5.54 Å². The number of imide groups is 1. The Labute approximate surface area is 159 Å². The summed E-state index contributed by atoms with van der Waals surface area (Å²) in [5.41, 5.74) is -0.620. The first-order valence-electron chi connectivity index (χ1n) is 9.67. The molecule has 1 spiro atoms. The zero-order valence-corrected chi connectivity index (χ0v) is 16.3. The molecule has 0 aromatic carbocycles. The molecule has 2 aliphatic heterocycles. The van der Waals surface area contributed by atoms with Crippen molar-refractivity contribution < 1.29 is 9.59 Å². The van der Waals surface area contributed by atoms with E-state index in [2.05, 4.69) is 39.6 Å². The summed E-state index contributed by atoms with van der Waals surface area (Å²) in [6.45, 7) is 7.39. The molecule has 0 unspecified atom stereocenters. The fourth-order valence-corrected chi connectivity index (χ4v) is 5.06. The first-order chi connectivity index (χ1) is 12.6. The summed E-state index contributed by atoms with van der Waals surface area (Å²) in [4.78, 5) is 32.9. The molecule has 6 nitrogen and oxygen atoms in total. The highest BCUT2D eigenvalue weighted by molar-refractivity contribution is 7.09. The number of carbonyl (C=O) groups excluding carboxylic acids is 2. The van der Waals surface area contributed by atoms with Gasteiger partial charge in [0.15, 0.2) is 0 Å². The van der Waals surface area contributed by atoms with Crippen LogP contribution in [0.25, 0.3) is 0 Å². The maximum absolute atomic E-state index is 13.0. The van der Waals surface area contributed by atoms with E-state index in [4.69, 9.17) is 0 Å². The SMILES string of the molecule is CC1CCC2(CC1)NC(=O)N(CN1CCN(Cc3cccs3)CC1)C2=O. The molecule has 1 saturated carbocycles. The van der Waals surface area contributed by atoms with Gasteiger partial charge in [0.1, 0.15) is 5.54 Å². The topological polar surface area (TPSA) is 55.9 Å². The number of nitrogens with zero attached hydrogens (tertiary/aromatic N) is 3. The number of urea groups is 1. The van der Waals surface area contributed by atoms with Crippen LogP contribution in [0.15, 0.2) is 17.5 Å². The maximum atomic E-state index is 13.0. The Balaban J connectivity index is 1.30. The zero-order valence-electron chi connectivity index (χ0n) is 15.4. The van der Waals surface area contributed by atoms with Crippen molar-refractivity contribution in [3.63, 3.8) is 0 Å². The normalized spacial score (nSPS) is 31.0. The standard InChI is InChI=1S/C19H28N4O2S/c1-15-4-6-19(7-5-15)17(24)23(18(25)20-19)14-22-10-8-21(9-11-22)13-16-3-2-12-26-16/h2-3,12,15H,4-11,13-14H2,1H3,(H,20,25). The summed E-state index contributed by atoms with van der Waals surface area (Å²) < 4.78 is 0. The van der Waals surface area contributed by atoms with Crippen LogP contribution < -0.4 is 5.32 Å². The summed E-state index contributed by atoms with van der Waals surface area (Å²) in [5.74, 6) is 0.645. The lowest BCUT2D eigenvalue weighted by Gasteiger charge is -2.36. The molecule has 142 valence electrons. The van der Waals surface area contributed by atoms with Gasteiger partial charge in [-0.1, -0.05) is 13.0 Å². The molecule has 1 N–H and O–H groups in total. The smallest absolute Gasteiger partial charge is 0.323 e. The maximum Gasteiger partial charge on any atom is 0.326 e. The number of hydrogen-bond acceptors (Lipinski definition) is 5. The first kappa shape index (κ1) is 17.9. The summed E-state index contributed by atoms with van der Waals surface area (Å²) in [5, 5.41) is 5.14. The number of amides is 3. The van der Waals surface area contributed by atoms with Gasteiger partial charge in [-0.05, 0) is 43.0 Å². The third-order valence-electron chi connectivity index (χ3n) is 6.14. The monoisotopic (exact) mass is 376 g/mol. The fraction of sp³-hybridized carbons (Fsp3) is 0.684. The van der Waals surface area contributed by atoms with Gasteiger partial charge in [0.2, 0.25) is 0 Å². The van der Waals surface area contributed by atoms with Crippen molar-refractivity contribution in [2.75, 3.05) is 32.8 Å². The Morgan fingerprint density at radius 2 is 1.85 bits per heavy atom. The number of thiophene rings is 1. The lowest BCUT2D eigenvalue weighted by molar-refractivity contribution is -0.134. The molecule has 4 rings (SSSR count). The molecule has 2 saturated heterocycles. The van der Waals surface area contributed by atoms with Gasteiger partial charge < -0.3 is 5.32 Å². The molecule has 1 aliphatic carbocycles. The van der Waals surface area contributed by atoms with Gasteiger partial charge in [-0.3, -0.25) is 14.6 Å². The van der Waals surface area contributed by atoms with Crippen LogP contribution in [-0.4, -0.2) is 65.0 Å². The molecular weight excluding hydrogens is 348 g/mol. The van der Waals surface area contributed by atoms with Crippen LogP contribution in [0.1, 0.15) is 37.5 Å². The van der Waals surface area contributed by atoms with Crippen molar-refractivity contribution in [1.29, 1.82) is 0 Å². The largest absolute Gasteiger partial charge is 0.326 e. The molecule has 3 heterocycles. The molecule has 7 heteroatoms. The highest BCUT2D eigenvalue weighted by Gasteiger charge is 2.52. The molecule has 0 atom stereocenters. The van der Waals surface area contributed by atoms with Crippen LogP contribution in [0.2, 0.25) is 0 Å². The van der Waals surface area contributed by atoms with Gasteiger partial charge in [0, 0.05) is 37.6 Å². The minimum Gasteiger partial charge on any atom is -0.323 e. The van der Waals surface area contributed by atoms with Crippen molar-refractivity contribution in [1.82, 2.24) is 20.0 Å². The second-order valence-electron chi connectivity index (χ2n) is 8.04. The second kappa shape index (κ2) is 7.29. The molecule has 1 aromatic heterocycles. The van der Waals surface area contributed by atoms with Crippen molar-refractivity contribution in [2.45, 2.75) is 44.7 Å². The molecule has 0 bridgehead atoms. The number of hydrogen-bond donors (Lipinski definition) is 1. The third kappa shape index (κ3) is 3.52. The highest BCUT2D eigenvalue weighted by Crippen LogP contribution is 2.36. The molecular formula is C19H28N4O2S. The van der Waals surface area contributed by atoms with E-state index in [1.807, 2.05) is 0 Å². The van der Waals surface area contributed by atoms with Gasteiger partial charge in [-0.15, -0.1) is 11.3 Å². The predicted molar refractivity (Wildman–Crippen MR) is 102 cm³/mol. The third-order valence-corrected chi connectivity index (χ3v) is 7.00. The quantitative estimate of drug-likeness (QED) is 0.820. The van der Waals surface area contributed by atoms with Gasteiger partial charge >= 0.3 is 6.03 Å². The van der Waals surface area contributed by atoms with Gasteiger partial charge in [-0.25, -0.2) is 9.69 Å². The molecule has 1 aromatic rings. The first-order valence-corrected chi connectivity index (χ1v) is 10.5. The van der Waals surface area contributed by atoms with Gasteiger partial charge in [0.05, 0.1) is 6.67 Å². The number of nitrogens with one attached hydrogen (secondary N) is 1. The van der Waals surface area contributed by atoms with E-state index in [0.29, 0.717) is 12.6 Å². The van der Waals surface area contributed by atoms with Gasteiger partial charge in [-0.2, -0.15) is 0 Å². The molecule has 0 radical (unpaired) electrons. The fourth-order valence-electron chi connectivity index (χ4n) is 4.31. The van der Waals surface area contributed by atoms with Crippen LogP contribution in [0.3, 0.4) is 0 Å². The Kier molecular flexibility index (Phi) is 5.03. The van der Waals surface area contributed by atoms with Crippen molar-refractivity contribution in [2.24, 2.45) is 5.92 Å². The van der Waals surface area contributed by atoms with E-state index in [1.54, 1.807) is 11.3 Å². The average Bonchev–Trinajstić information content (AvgIpc) is 3.22. The predicted octanol–water partition coefficient (Wildman–Crippen LogP) is 2.32.